The molecule has 0 aromatic rings. The van der Waals surface area contributed by atoms with Gasteiger partial charge in [0.1, 0.15) is 6.10 Å². The minimum Gasteiger partial charge on any atom is -0.387 e. The molecular formula is C43H81NO6S. The summed E-state index contributed by atoms with van der Waals surface area (Å²) in [7, 11) is -4.45. The van der Waals surface area contributed by atoms with E-state index in [0.29, 0.717) is 12.8 Å². The van der Waals surface area contributed by atoms with Crippen molar-refractivity contribution >= 4 is 16.0 Å². The molecule has 51 heavy (non-hydrogen) atoms. The van der Waals surface area contributed by atoms with Gasteiger partial charge in [-0.1, -0.05) is 185 Å². The predicted octanol–water partition coefficient (Wildman–Crippen LogP) is 11.5. The number of aliphatic hydroxyl groups excluding tert-OH is 2. The number of hydrogen-bond acceptors (Lipinski definition) is 5. The van der Waals surface area contributed by atoms with Crippen molar-refractivity contribution in [1.82, 2.24) is 5.32 Å². The van der Waals surface area contributed by atoms with Crippen LogP contribution in [0.3, 0.4) is 0 Å². The lowest BCUT2D eigenvalue weighted by molar-refractivity contribution is -0.130. The zero-order chi connectivity index (χ0) is 37.7. The Kier molecular flexibility index (Phi) is 35.8. The van der Waals surface area contributed by atoms with E-state index in [-0.39, 0.29) is 6.42 Å². The second kappa shape index (κ2) is 36.9. The van der Waals surface area contributed by atoms with Crippen LogP contribution >= 0.6 is 0 Å². The molecule has 0 rings (SSSR count). The number of amides is 1. The van der Waals surface area contributed by atoms with E-state index in [1.165, 1.54) is 141 Å². The van der Waals surface area contributed by atoms with Crippen LogP contribution in [0.1, 0.15) is 206 Å². The molecule has 4 N–H and O–H groups in total. The molecule has 0 aromatic carbocycles. The molecule has 0 aliphatic carbocycles. The molecule has 3 unspecified atom stereocenters. The zero-order valence-electron chi connectivity index (χ0n) is 33.1. The van der Waals surface area contributed by atoms with Gasteiger partial charge in [-0.05, 0) is 57.8 Å². The Morgan fingerprint density at radius 2 is 0.882 bits per heavy atom. The number of hydrogen-bond donors (Lipinski definition) is 4. The highest BCUT2D eigenvalue weighted by Gasteiger charge is 2.27. The van der Waals surface area contributed by atoms with Crippen molar-refractivity contribution in [1.29, 1.82) is 0 Å². The Labute approximate surface area is 315 Å². The highest BCUT2D eigenvalue weighted by atomic mass is 32.2. The van der Waals surface area contributed by atoms with Crippen LogP contribution < -0.4 is 5.32 Å². The first-order chi connectivity index (χ1) is 24.7. The summed E-state index contributed by atoms with van der Waals surface area (Å²) in [5.41, 5.74) is 0. The van der Waals surface area contributed by atoms with E-state index in [1.54, 1.807) is 6.08 Å². The fourth-order valence-corrected chi connectivity index (χ4v) is 7.08. The quantitative estimate of drug-likeness (QED) is 0.0284. The maximum atomic E-state index is 12.6. The Balaban J connectivity index is 4.08. The molecule has 0 spiro atoms. The van der Waals surface area contributed by atoms with Gasteiger partial charge in [0.05, 0.1) is 17.9 Å². The highest BCUT2D eigenvalue weighted by molar-refractivity contribution is 7.85. The Bertz CT molecular complexity index is 964. The molecule has 8 heteroatoms. The summed E-state index contributed by atoms with van der Waals surface area (Å²) < 4.78 is 32.5. The first-order valence-electron chi connectivity index (χ1n) is 21.3. The average Bonchev–Trinajstić information content (AvgIpc) is 3.09. The van der Waals surface area contributed by atoms with Gasteiger partial charge in [-0.25, -0.2) is 0 Å². The number of allylic oxidation sites excluding steroid dienone is 5. The van der Waals surface area contributed by atoms with E-state index in [4.69, 9.17) is 0 Å². The lowest BCUT2D eigenvalue weighted by atomic mass is 10.0. The number of unbranched alkanes of at least 4 members (excludes halogenated alkanes) is 25. The smallest absolute Gasteiger partial charge is 0.267 e. The number of aliphatic hydroxyl groups is 2. The average molecular weight is 740 g/mol. The molecule has 0 radical (unpaired) electrons. The van der Waals surface area contributed by atoms with Gasteiger partial charge in [0, 0.05) is 0 Å². The largest absolute Gasteiger partial charge is 0.387 e. The predicted molar refractivity (Wildman–Crippen MR) is 218 cm³/mol. The van der Waals surface area contributed by atoms with Crippen molar-refractivity contribution in [3.8, 4) is 0 Å². The van der Waals surface area contributed by atoms with Crippen LogP contribution in [0.25, 0.3) is 0 Å². The molecule has 0 fully saturated rings. The van der Waals surface area contributed by atoms with E-state index in [1.807, 2.05) is 0 Å². The van der Waals surface area contributed by atoms with Crippen molar-refractivity contribution in [2.75, 3.05) is 5.75 Å². The normalized spacial score (nSPS) is 14.2. The van der Waals surface area contributed by atoms with Crippen LogP contribution in [0.5, 0.6) is 0 Å². The number of nitrogens with one attached hydrogen (secondary N) is 1. The van der Waals surface area contributed by atoms with Crippen molar-refractivity contribution in [2.45, 2.75) is 225 Å². The number of carbonyl (C=O) groups is 1. The van der Waals surface area contributed by atoms with Crippen LogP contribution in [-0.2, 0) is 14.9 Å². The van der Waals surface area contributed by atoms with Crippen LogP contribution in [0.4, 0.5) is 0 Å². The summed E-state index contributed by atoms with van der Waals surface area (Å²) in [6.07, 6.45) is 44.8. The third-order valence-electron chi connectivity index (χ3n) is 9.65. The van der Waals surface area contributed by atoms with Crippen molar-refractivity contribution in [2.24, 2.45) is 0 Å². The van der Waals surface area contributed by atoms with Gasteiger partial charge in [0.15, 0.2) is 0 Å². The Morgan fingerprint density at radius 1 is 0.529 bits per heavy atom. The van der Waals surface area contributed by atoms with Gasteiger partial charge < -0.3 is 15.5 Å². The molecule has 3 atom stereocenters. The topological polar surface area (TPSA) is 124 Å². The lowest BCUT2D eigenvalue weighted by Crippen LogP contribution is -2.50. The lowest BCUT2D eigenvalue weighted by Gasteiger charge is -2.22. The second-order valence-corrected chi connectivity index (χ2v) is 16.2. The maximum Gasteiger partial charge on any atom is 0.267 e. The molecule has 0 aliphatic heterocycles. The van der Waals surface area contributed by atoms with Crippen molar-refractivity contribution < 1.29 is 28.0 Å². The molecule has 0 bridgehead atoms. The molecule has 0 aliphatic rings. The zero-order valence-corrected chi connectivity index (χ0v) is 33.9. The monoisotopic (exact) mass is 740 g/mol. The standard InChI is InChI=1S/C43H81NO6S/c1-3-5-7-9-11-13-15-17-19-21-22-24-25-27-29-31-33-35-37-41(45)40(39-51(48,49)50)44-43(47)42(46)38-36-34-32-30-28-26-23-20-18-16-14-12-10-8-6-4-2/h18,20,27,29,35,37,40-42,45-46H,3-17,19,21-26,28,30-34,36,38-39H2,1-2H3,(H,44,47)(H,48,49,50)/b20-18-,29-27+,37-35+. The van der Waals surface area contributed by atoms with Crippen molar-refractivity contribution in [3.63, 3.8) is 0 Å². The molecule has 1 amide bonds. The van der Waals surface area contributed by atoms with E-state index < -0.39 is 40.0 Å². The first kappa shape index (κ1) is 49.5. The second-order valence-electron chi connectivity index (χ2n) is 14.8. The maximum absolute atomic E-state index is 12.6. The van der Waals surface area contributed by atoms with Gasteiger partial charge in [0.25, 0.3) is 10.1 Å². The van der Waals surface area contributed by atoms with Gasteiger partial charge in [-0.15, -0.1) is 0 Å². The SMILES string of the molecule is CCCCCCCC/C=C\CCCCCCCCC(O)C(=O)NC(CS(=O)(=O)O)C(O)/C=C/CC/C=C/CCCCCCCCCCCCCC. The summed E-state index contributed by atoms with van der Waals surface area (Å²) in [6, 6.07) is -1.25. The Morgan fingerprint density at radius 3 is 1.29 bits per heavy atom. The summed E-state index contributed by atoms with van der Waals surface area (Å²) in [5.74, 6) is -1.56. The minimum absolute atomic E-state index is 0.267. The highest BCUT2D eigenvalue weighted by Crippen LogP contribution is 2.14. The van der Waals surface area contributed by atoms with Gasteiger partial charge >= 0.3 is 0 Å². The molecular weight excluding hydrogens is 659 g/mol. The van der Waals surface area contributed by atoms with Crippen LogP contribution in [-0.4, -0.2) is 53.1 Å². The minimum atomic E-state index is -4.45. The molecule has 0 saturated heterocycles. The van der Waals surface area contributed by atoms with E-state index in [9.17, 15) is 28.0 Å². The van der Waals surface area contributed by atoms with Crippen molar-refractivity contribution in [3.05, 3.63) is 36.5 Å². The molecule has 0 saturated carbocycles. The van der Waals surface area contributed by atoms with Crippen LogP contribution in [0.2, 0.25) is 0 Å². The summed E-state index contributed by atoms with van der Waals surface area (Å²) >= 11 is 0. The molecule has 0 heterocycles. The molecule has 0 aromatic heterocycles. The third kappa shape index (κ3) is 36.7. The molecule has 300 valence electrons. The summed E-state index contributed by atoms with van der Waals surface area (Å²) in [4.78, 5) is 12.6. The van der Waals surface area contributed by atoms with Gasteiger partial charge in [0.2, 0.25) is 5.91 Å². The van der Waals surface area contributed by atoms with Crippen LogP contribution in [0, 0.1) is 0 Å². The van der Waals surface area contributed by atoms with E-state index in [0.717, 1.165) is 38.5 Å². The fraction of sp³-hybridized carbons (Fsp3) is 0.837. The summed E-state index contributed by atoms with van der Waals surface area (Å²) in [6.45, 7) is 4.51. The molecule has 7 nitrogen and oxygen atoms in total. The fourth-order valence-electron chi connectivity index (χ4n) is 6.35. The van der Waals surface area contributed by atoms with Gasteiger partial charge in [-0.3, -0.25) is 9.35 Å². The van der Waals surface area contributed by atoms with Gasteiger partial charge in [-0.2, -0.15) is 8.42 Å². The van der Waals surface area contributed by atoms with Crippen LogP contribution in [0.15, 0.2) is 36.5 Å². The number of carbonyl (C=O) groups excluding carboxylic acids is 1. The van der Waals surface area contributed by atoms with E-state index in [2.05, 4.69) is 43.5 Å². The first-order valence-corrected chi connectivity index (χ1v) is 22.9. The Hall–Kier alpha value is -1.48. The third-order valence-corrected chi connectivity index (χ3v) is 10.4. The summed E-state index contributed by atoms with van der Waals surface area (Å²) in [5, 5.41) is 23.4. The number of rotatable bonds is 38. The van der Waals surface area contributed by atoms with E-state index >= 15 is 0 Å².